The van der Waals surface area contributed by atoms with Crippen LogP contribution in [0.5, 0.6) is 0 Å². The van der Waals surface area contributed by atoms with Crippen LogP contribution in [0.2, 0.25) is 0 Å². The fourth-order valence-corrected chi connectivity index (χ4v) is 1.54. The number of aromatic nitrogens is 1. The Hall–Kier alpha value is -2.83. The van der Waals surface area contributed by atoms with Crippen LogP contribution in [0.15, 0.2) is 36.5 Å². The third-order valence-corrected chi connectivity index (χ3v) is 2.45. The molecule has 2 aromatic rings. The largest absolute Gasteiger partial charge is 0.478 e. The van der Waals surface area contributed by atoms with Crippen molar-refractivity contribution in [3.8, 4) is 0 Å². The Balaban J connectivity index is 2.34. The topological polar surface area (TPSA) is 79.3 Å². The van der Waals surface area contributed by atoms with Gasteiger partial charge < -0.3 is 10.4 Å². The normalized spacial score (nSPS) is 10.1. The third-order valence-electron chi connectivity index (χ3n) is 2.45. The highest BCUT2D eigenvalue weighted by Gasteiger charge is 2.19. The SMILES string of the molecule is O=C(O)c1cccnc1C(=O)Nc1cccc(F)c1F. The van der Waals surface area contributed by atoms with Gasteiger partial charge in [-0.15, -0.1) is 0 Å². The zero-order chi connectivity index (χ0) is 14.7. The van der Waals surface area contributed by atoms with Gasteiger partial charge in [0.2, 0.25) is 0 Å². The first kappa shape index (κ1) is 13.6. The van der Waals surface area contributed by atoms with E-state index in [4.69, 9.17) is 5.11 Å². The van der Waals surface area contributed by atoms with Crippen molar-refractivity contribution in [2.75, 3.05) is 5.32 Å². The van der Waals surface area contributed by atoms with Gasteiger partial charge in [-0.1, -0.05) is 6.07 Å². The monoisotopic (exact) mass is 278 g/mol. The van der Waals surface area contributed by atoms with E-state index in [0.717, 1.165) is 12.1 Å². The summed E-state index contributed by atoms with van der Waals surface area (Å²) in [5.74, 6) is -4.63. The van der Waals surface area contributed by atoms with Crippen LogP contribution >= 0.6 is 0 Å². The van der Waals surface area contributed by atoms with E-state index < -0.39 is 29.2 Å². The van der Waals surface area contributed by atoms with Gasteiger partial charge in [0.15, 0.2) is 11.6 Å². The van der Waals surface area contributed by atoms with Gasteiger partial charge in [-0.25, -0.2) is 13.6 Å². The van der Waals surface area contributed by atoms with E-state index >= 15 is 0 Å². The lowest BCUT2D eigenvalue weighted by atomic mass is 10.2. The molecule has 0 aliphatic heterocycles. The predicted octanol–water partition coefficient (Wildman–Crippen LogP) is 2.31. The minimum absolute atomic E-state index is 0.332. The zero-order valence-corrected chi connectivity index (χ0v) is 9.93. The van der Waals surface area contributed by atoms with E-state index in [0.29, 0.717) is 0 Å². The molecule has 0 bridgehead atoms. The van der Waals surface area contributed by atoms with E-state index in [1.54, 1.807) is 0 Å². The highest BCUT2D eigenvalue weighted by molar-refractivity contribution is 6.09. The van der Waals surface area contributed by atoms with Gasteiger partial charge in [-0.2, -0.15) is 0 Å². The van der Waals surface area contributed by atoms with E-state index in [9.17, 15) is 18.4 Å². The number of nitrogens with zero attached hydrogens (tertiary/aromatic N) is 1. The summed E-state index contributed by atoms with van der Waals surface area (Å²) in [6.45, 7) is 0. The zero-order valence-electron chi connectivity index (χ0n) is 9.93. The highest BCUT2D eigenvalue weighted by Crippen LogP contribution is 2.18. The second-order valence-corrected chi connectivity index (χ2v) is 3.76. The molecule has 0 unspecified atom stereocenters. The molecule has 1 aromatic carbocycles. The van der Waals surface area contributed by atoms with Crippen molar-refractivity contribution in [3.63, 3.8) is 0 Å². The number of pyridine rings is 1. The van der Waals surface area contributed by atoms with Crippen LogP contribution in [0, 0.1) is 11.6 Å². The lowest BCUT2D eigenvalue weighted by Crippen LogP contribution is -2.19. The summed E-state index contributed by atoms with van der Waals surface area (Å²) in [5, 5.41) is 11.0. The van der Waals surface area contributed by atoms with Gasteiger partial charge in [-0.3, -0.25) is 9.78 Å². The van der Waals surface area contributed by atoms with Crippen LogP contribution in [-0.4, -0.2) is 22.0 Å². The molecule has 5 nitrogen and oxygen atoms in total. The molecule has 0 aliphatic rings. The molecule has 2 rings (SSSR count). The Morgan fingerprint density at radius 2 is 1.90 bits per heavy atom. The molecule has 102 valence electrons. The average molecular weight is 278 g/mol. The number of hydrogen-bond acceptors (Lipinski definition) is 3. The molecule has 0 saturated carbocycles. The number of benzene rings is 1. The molecule has 20 heavy (non-hydrogen) atoms. The minimum Gasteiger partial charge on any atom is -0.478 e. The summed E-state index contributed by atoms with van der Waals surface area (Å²) in [5.41, 5.74) is -1.11. The van der Waals surface area contributed by atoms with Crippen LogP contribution < -0.4 is 5.32 Å². The smallest absolute Gasteiger partial charge is 0.338 e. The number of aromatic carboxylic acids is 1. The van der Waals surface area contributed by atoms with Crippen molar-refractivity contribution in [2.45, 2.75) is 0 Å². The van der Waals surface area contributed by atoms with Crippen molar-refractivity contribution < 1.29 is 23.5 Å². The molecule has 1 aromatic heterocycles. The van der Waals surface area contributed by atoms with Crippen molar-refractivity contribution in [1.82, 2.24) is 4.98 Å². The molecule has 1 heterocycles. The molecule has 0 aliphatic carbocycles. The number of hydrogen-bond donors (Lipinski definition) is 2. The van der Waals surface area contributed by atoms with Crippen molar-refractivity contribution >= 4 is 17.6 Å². The number of nitrogens with one attached hydrogen (secondary N) is 1. The van der Waals surface area contributed by atoms with E-state index in [1.807, 2.05) is 0 Å². The van der Waals surface area contributed by atoms with Crippen molar-refractivity contribution in [1.29, 1.82) is 0 Å². The number of amides is 1. The molecule has 0 saturated heterocycles. The first-order valence-corrected chi connectivity index (χ1v) is 5.44. The first-order chi connectivity index (χ1) is 9.50. The number of carboxylic acid groups (broad SMARTS) is 1. The van der Waals surface area contributed by atoms with Gasteiger partial charge >= 0.3 is 5.97 Å². The lowest BCUT2D eigenvalue weighted by molar-refractivity contribution is 0.0691. The molecular formula is C13H8F2N2O3. The Morgan fingerprint density at radius 1 is 1.15 bits per heavy atom. The molecule has 0 fully saturated rings. The Bertz CT molecular complexity index is 689. The van der Waals surface area contributed by atoms with Gasteiger partial charge in [0.25, 0.3) is 5.91 Å². The van der Waals surface area contributed by atoms with Gasteiger partial charge in [0.05, 0.1) is 11.3 Å². The van der Waals surface area contributed by atoms with Crippen LogP contribution in [0.1, 0.15) is 20.8 Å². The van der Waals surface area contributed by atoms with E-state index in [-0.39, 0.29) is 11.3 Å². The molecule has 1 amide bonds. The number of halogens is 2. The fraction of sp³-hybridized carbons (Fsp3) is 0. The van der Waals surface area contributed by atoms with E-state index in [2.05, 4.69) is 10.3 Å². The predicted molar refractivity (Wildman–Crippen MR) is 65.5 cm³/mol. The lowest BCUT2D eigenvalue weighted by Gasteiger charge is -2.07. The van der Waals surface area contributed by atoms with Gasteiger partial charge in [0.1, 0.15) is 5.69 Å². The summed E-state index contributed by atoms with van der Waals surface area (Å²) >= 11 is 0. The number of rotatable bonds is 3. The summed E-state index contributed by atoms with van der Waals surface area (Å²) in [4.78, 5) is 26.5. The summed E-state index contributed by atoms with van der Waals surface area (Å²) in [7, 11) is 0. The number of carbonyl (C=O) groups excluding carboxylic acids is 1. The molecular weight excluding hydrogens is 270 g/mol. The average Bonchev–Trinajstić information content (AvgIpc) is 2.43. The fourth-order valence-electron chi connectivity index (χ4n) is 1.54. The molecule has 0 spiro atoms. The minimum atomic E-state index is -1.34. The van der Waals surface area contributed by atoms with Crippen molar-refractivity contribution in [3.05, 3.63) is 59.4 Å². The first-order valence-electron chi connectivity index (χ1n) is 5.44. The Labute approximate surface area is 111 Å². The van der Waals surface area contributed by atoms with Crippen LogP contribution in [0.4, 0.5) is 14.5 Å². The molecule has 0 atom stereocenters. The van der Waals surface area contributed by atoms with Crippen LogP contribution in [0.25, 0.3) is 0 Å². The maximum Gasteiger partial charge on any atom is 0.338 e. The Morgan fingerprint density at radius 3 is 2.60 bits per heavy atom. The number of anilines is 1. The molecule has 2 N–H and O–H groups in total. The van der Waals surface area contributed by atoms with Gasteiger partial charge in [-0.05, 0) is 24.3 Å². The number of carbonyl (C=O) groups is 2. The highest BCUT2D eigenvalue weighted by atomic mass is 19.2. The summed E-state index contributed by atoms with van der Waals surface area (Å²) in [6.07, 6.45) is 1.23. The molecule has 7 heteroatoms. The standard InChI is InChI=1S/C13H8F2N2O3/c14-8-4-1-5-9(10(8)15)17-12(18)11-7(13(19)20)3-2-6-16-11/h1-6H,(H,17,18)(H,19,20). The molecule has 0 radical (unpaired) electrons. The summed E-state index contributed by atoms with van der Waals surface area (Å²) in [6, 6.07) is 5.80. The van der Waals surface area contributed by atoms with Gasteiger partial charge in [0, 0.05) is 6.20 Å². The van der Waals surface area contributed by atoms with Crippen LogP contribution in [0.3, 0.4) is 0 Å². The van der Waals surface area contributed by atoms with Crippen molar-refractivity contribution in [2.24, 2.45) is 0 Å². The Kier molecular flexibility index (Phi) is 3.69. The third kappa shape index (κ3) is 2.61. The maximum atomic E-state index is 13.4. The maximum absolute atomic E-state index is 13.4. The quantitative estimate of drug-likeness (QED) is 0.903. The van der Waals surface area contributed by atoms with Crippen LogP contribution in [-0.2, 0) is 0 Å². The summed E-state index contributed by atoms with van der Waals surface area (Å²) < 4.78 is 26.4. The van der Waals surface area contributed by atoms with E-state index in [1.165, 1.54) is 24.4 Å². The second kappa shape index (κ2) is 5.43. The number of carboxylic acids is 1. The second-order valence-electron chi connectivity index (χ2n) is 3.76.